The minimum atomic E-state index is -0.817. The molecule has 0 bridgehead atoms. The van der Waals surface area contributed by atoms with Gasteiger partial charge in [-0.15, -0.1) is 0 Å². The van der Waals surface area contributed by atoms with Crippen LogP contribution in [0.15, 0.2) is 0 Å². The summed E-state index contributed by atoms with van der Waals surface area (Å²) in [6, 6.07) is 0. The van der Waals surface area contributed by atoms with Crippen LogP contribution in [0.25, 0.3) is 0 Å². The summed E-state index contributed by atoms with van der Waals surface area (Å²) in [5, 5.41) is 37.5. The van der Waals surface area contributed by atoms with Crippen LogP contribution in [0.3, 0.4) is 0 Å². The van der Waals surface area contributed by atoms with Crippen LogP contribution < -0.4 is 0 Å². The van der Waals surface area contributed by atoms with Gasteiger partial charge in [-0.05, 0) is 19.3 Å². The van der Waals surface area contributed by atoms with E-state index >= 15 is 0 Å². The summed E-state index contributed by atoms with van der Waals surface area (Å²) in [6.45, 7) is 1.42. The van der Waals surface area contributed by atoms with E-state index in [2.05, 4.69) is 6.92 Å². The Morgan fingerprint density at radius 3 is 1.80 bits per heavy atom. The predicted octanol–water partition coefficient (Wildman–Crippen LogP) is 2.31. The topological polar surface area (TPSA) is 107 Å². The third-order valence-electron chi connectivity index (χ3n) is 4.38. The third-order valence-corrected chi connectivity index (χ3v) is 4.38. The third kappa shape index (κ3) is 14.2. The number of aliphatic hydroxyl groups is 4. The fourth-order valence-electron chi connectivity index (χ4n) is 2.70. The summed E-state index contributed by atoms with van der Waals surface area (Å²) in [7, 11) is 0. The molecule has 0 heterocycles. The number of hydrogen-bond acceptors (Lipinski definition) is 6. The van der Waals surface area contributed by atoms with Crippen molar-refractivity contribution in [2.75, 3.05) is 13.2 Å². The van der Waals surface area contributed by atoms with E-state index in [-0.39, 0.29) is 19.6 Å². The van der Waals surface area contributed by atoms with Gasteiger partial charge in [0.2, 0.25) is 0 Å². The molecule has 0 aliphatic heterocycles. The number of unbranched alkanes of at least 4 members (excludes halogenated alkanes) is 7. The summed E-state index contributed by atoms with van der Waals surface area (Å²) in [5.41, 5.74) is 0. The van der Waals surface area contributed by atoms with Crippen LogP contribution in [0.4, 0.5) is 0 Å². The molecular weight excluding hydrogens is 324 g/mol. The van der Waals surface area contributed by atoms with E-state index in [0.29, 0.717) is 19.3 Å². The summed E-state index contributed by atoms with van der Waals surface area (Å²) in [4.78, 5) is 11.4. The minimum Gasteiger partial charge on any atom is -0.457 e. The Balaban J connectivity index is 3.51. The van der Waals surface area contributed by atoms with E-state index in [9.17, 15) is 15.0 Å². The zero-order chi connectivity index (χ0) is 18.9. The van der Waals surface area contributed by atoms with Gasteiger partial charge >= 0.3 is 5.97 Å². The molecule has 0 aromatic rings. The monoisotopic (exact) mass is 362 g/mol. The lowest BCUT2D eigenvalue weighted by Crippen LogP contribution is -2.25. The van der Waals surface area contributed by atoms with Gasteiger partial charge in [-0.3, -0.25) is 4.79 Å². The first-order valence-corrected chi connectivity index (χ1v) is 9.82. The minimum absolute atomic E-state index is 0.287. The first-order chi connectivity index (χ1) is 12.0. The maximum absolute atomic E-state index is 11.4. The van der Waals surface area contributed by atoms with Crippen molar-refractivity contribution in [1.82, 2.24) is 0 Å². The van der Waals surface area contributed by atoms with Gasteiger partial charge in [0, 0.05) is 6.42 Å². The van der Waals surface area contributed by atoms with Crippen molar-refractivity contribution in [2.45, 2.75) is 102 Å². The van der Waals surface area contributed by atoms with Crippen molar-refractivity contribution >= 4 is 5.97 Å². The molecule has 0 aromatic heterocycles. The fraction of sp³-hybridized carbons (Fsp3) is 0.947. The molecule has 25 heavy (non-hydrogen) atoms. The Morgan fingerprint density at radius 1 is 0.800 bits per heavy atom. The van der Waals surface area contributed by atoms with Crippen LogP contribution in [-0.2, 0) is 9.53 Å². The molecule has 2 unspecified atom stereocenters. The molecule has 4 N–H and O–H groups in total. The highest BCUT2D eigenvalue weighted by atomic mass is 16.6. The largest absolute Gasteiger partial charge is 0.457 e. The molecule has 6 nitrogen and oxygen atoms in total. The Hall–Kier alpha value is -0.690. The molecule has 0 aliphatic rings. The summed E-state index contributed by atoms with van der Waals surface area (Å²) in [6.07, 6.45) is 8.35. The molecule has 0 amide bonds. The lowest BCUT2D eigenvalue weighted by molar-refractivity contribution is -0.153. The van der Waals surface area contributed by atoms with E-state index in [1.807, 2.05) is 0 Å². The van der Waals surface area contributed by atoms with Crippen molar-refractivity contribution in [3.8, 4) is 0 Å². The normalized spacial score (nSPS) is 13.8. The van der Waals surface area contributed by atoms with Crippen molar-refractivity contribution in [3.63, 3.8) is 0 Å². The van der Waals surface area contributed by atoms with Gasteiger partial charge in [-0.2, -0.15) is 0 Å². The van der Waals surface area contributed by atoms with Crippen LogP contribution in [0.5, 0.6) is 0 Å². The Labute approximate surface area is 152 Å². The first kappa shape index (κ1) is 24.3. The average Bonchev–Trinajstić information content (AvgIpc) is 2.61. The van der Waals surface area contributed by atoms with Gasteiger partial charge in [0.25, 0.3) is 0 Å². The smallest absolute Gasteiger partial charge is 0.306 e. The Kier molecular flexibility index (Phi) is 16.3. The van der Waals surface area contributed by atoms with Gasteiger partial charge in [0.05, 0.1) is 25.4 Å². The van der Waals surface area contributed by atoms with Crippen molar-refractivity contribution in [1.29, 1.82) is 0 Å². The van der Waals surface area contributed by atoms with Gasteiger partial charge in [-0.25, -0.2) is 0 Å². The molecule has 150 valence electrons. The number of esters is 1. The molecule has 6 heteroatoms. The van der Waals surface area contributed by atoms with Crippen LogP contribution >= 0.6 is 0 Å². The summed E-state index contributed by atoms with van der Waals surface area (Å²) >= 11 is 0. The number of carbonyl (C=O) groups is 1. The zero-order valence-corrected chi connectivity index (χ0v) is 15.7. The number of ether oxygens (including phenoxy) is 1. The fourth-order valence-corrected chi connectivity index (χ4v) is 2.70. The first-order valence-electron chi connectivity index (χ1n) is 9.82. The summed E-state index contributed by atoms with van der Waals surface area (Å²) < 4.78 is 4.88. The van der Waals surface area contributed by atoms with Crippen LogP contribution in [0.1, 0.15) is 84.0 Å². The van der Waals surface area contributed by atoms with Crippen LogP contribution in [0, 0.1) is 0 Å². The highest BCUT2D eigenvalue weighted by Crippen LogP contribution is 2.14. The Morgan fingerprint density at radius 2 is 1.28 bits per heavy atom. The average molecular weight is 363 g/mol. The standard InChI is InChI=1S/C19H38O6/c1-2-3-4-8-11-17(22)18(23)12-9-6-5-7-10-13-19(24)25-16(14-20)15-21/h16-18,20-23H,2-15H2,1H3. The molecule has 0 aromatic carbocycles. The van der Waals surface area contributed by atoms with Crippen molar-refractivity contribution in [3.05, 3.63) is 0 Å². The molecule has 2 atom stereocenters. The maximum Gasteiger partial charge on any atom is 0.306 e. The lowest BCUT2D eigenvalue weighted by atomic mass is 10.00. The second-order valence-corrected chi connectivity index (χ2v) is 6.77. The molecule has 0 rings (SSSR count). The van der Waals surface area contributed by atoms with E-state index in [1.54, 1.807) is 0 Å². The molecule has 0 radical (unpaired) electrons. The SMILES string of the molecule is CCCCCCC(O)C(O)CCCCCCCC(=O)OC(CO)CO. The van der Waals surface area contributed by atoms with Gasteiger partial charge in [-0.1, -0.05) is 58.3 Å². The molecule has 0 saturated heterocycles. The van der Waals surface area contributed by atoms with E-state index in [1.165, 1.54) is 12.8 Å². The van der Waals surface area contributed by atoms with E-state index in [4.69, 9.17) is 14.9 Å². The number of hydrogen-bond donors (Lipinski definition) is 4. The van der Waals surface area contributed by atoms with Gasteiger partial charge < -0.3 is 25.2 Å². The maximum atomic E-state index is 11.4. The van der Waals surface area contributed by atoms with Crippen molar-refractivity contribution < 1.29 is 30.0 Å². The highest BCUT2D eigenvalue weighted by molar-refractivity contribution is 5.69. The quantitative estimate of drug-likeness (QED) is 0.234. The lowest BCUT2D eigenvalue weighted by Gasteiger charge is -2.17. The predicted molar refractivity (Wildman–Crippen MR) is 97.1 cm³/mol. The van der Waals surface area contributed by atoms with Gasteiger partial charge in [0.1, 0.15) is 6.10 Å². The number of carbonyl (C=O) groups excluding carboxylic acids is 1. The van der Waals surface area contributed by atoms with E-state index in [0.717, 1.165) is 38.5 Å². The molecule has 0 fully saturated rings. The second kappa shape index (κ2) is 16.8. The number of aliphatic hydroxyl groups excluding tert-OH is 4. The Bertz CT molecular complexity index is 306. The van der Waals surface area contributed by atoms with Crippen LogP contribution in [-0.4, -0.2) is 57.9 Å². The molecule has 0 aliphatic carbocycles. The van der Waals surface area contributed by atoms with E-state index < -0.39 is 24.3 Å². The zero-order valence-electron chi connectivity index (χ0n) is 15.7. The number of rotatable bonds is 17. The highest BCUT2D eigenvalue weighted by Gasteiger charge is 2.15. The molecular formula is C19H38O6. The molecule has 0 saturated carbocycles. The summed E-state index contributed by atoms with van der Waals surface area (Å²) in [5.74, 6) is -0.394. The van der Waals surface area contributed by atoms with Gasteiger partial charge in [0.15, 0.2) is 0 Å². The van der Waals surface area contributed by atoms with Crippen LogP contribution in [0.2, 0.25) is 0 Å². The second-order valence-electron chi connectivity index (χ2n) is 6.77. The molecule has 0 spiro atoms. The van der Waals surface area contributed by atoms with Crippen molar-refractivity contribution in [2.24, 2.45) is 0 Å².